The molecule has 2 aromatic carbocycles. The van der Waals surface area contributed by atoms with E-state index in [4.69, 9.17) is 9.15 Å². The number of nitrogens with zero attached hydrogens (tertiary/aromatic N) is 4. The Balaban J connectivity index is 1.26. The van der Waals surface area contributed by atoms with Crippen LogP contribution in [0.1, 0.15) is 5.69 Å². The minimum atomic E-state index is -0.277. The van der Waals surface area contributed by atoms with Crippen molar-refractivity contribution >= 4 is 11.6 Å². The Hall–Kier alpha value is -3.55. The number of hydrogen-bond acceptors (Lipinski definition) is 5. The van der Waals surface area contributed by atoms with Gasteiger partial charge in [0.25, 0.3) is 0 Å². The van der Waals surface area contributed by atoms with Crippen LogP contribution in [-0.4, -0.2) is 62.7 Å². The van der Waals surface area contributed by atoms with Crippen LogP contribution >= 0.6 is 0 Å². The fraction of sp³-hybridized carbons (Fsp3) is 0.333. The molecule has 8 heteroatoms. The Labute approximate surface area is 187 Å². The molecule has 1 aliphatic rings. The smallest absolute Gasteiger partial charge is 0.226 e. The Bertz CT molecular complexity index is 1040. The Kier molecular flexibility index (Phi) is 6.89. The predicted octanol–water partition coefficient (Wildman–Crippen LogP) is 3.43. The van der Waals surface area contributed by atoms with E-state index in [2.05, 4.69) is 37.2 Å². The first-order valence-corrected chi connectivity index (χ1v) is 10.7. The van der Waals surface area contributed by atoms with Crippen molar-refractivity contribution in [3.8, 4) is 17.2 Å². The maximum atomic E-state index is 13.1. The average molecular weight is 438 g/mol. The molecule has 0 amide bonds. The minimum Gasteiger partial charge on any atom is -0.497 e. The fourth-order valence-electron chi connectivity index (χ4n) is 3.77. The zero-order valence-corrected chi connectivity index (χ0v) is 18.4. The standard InChI is InChI=1S/C24H28FN5O2/c1-26-24(30-14-12-29(13-15-30)21-4-3-5-22(16-21)31-2)27-11-10-20-17-32-23(28-20)18-6-8-19(25)9-7-18/h3-9,16-17H,10-15H2,1-2H3,(H,26,27). The van der Waals surface area contributed by atoms with Gasteiger partial charge in [0.05, 0.1) is 12.8 Å². The van der Waals surface area contributed by atoms with Crippen molar-refractivity contribution in [1.82, 2.24) is 15.2 Å². The molecule has 0 bridgehead atoms. The highest BCUT2D eigenvalue weighted by Crippen LogP contribution is 2.22. The lowest BCUT2D eigenvalue weighted by molar-refractivity contribution is 0.372. The van der Waals surface area contributed by atoms with Gasteiger partial charge < -0.3 is 24.3 Å². The van der Waals surface area contributed by atoms with Crippen LogP contribution in [0.15, 0.2) is 64.2 Å². The van der Waals surface area contributed by atoms with Gasteiger partial charge in [-0.2, -0.15) is 0 Å². The van der Waals surface area contributed by atoms with Crippen LogP contribution in [0.2, 0.25) is 0 Å². The van der Waals surface area contributed by atoms with Gasteiger partial charge in [0.15, 0.2) is 5.96 Å². The summed E-state index contributed by atoms with van der Waals surface area (Å²) in [7, 11) is 3.49. The van der Waals surface area contributed by atoms with Gasteiger partial charge in [-0.05, 0) is 36.4 Å². The highest BCUT2D eigenvalue weighted by molar-refractivity contribution is 5.80. The van der Waals surface area contributed by atoms with Crippen LogP contribution in [0.4, 0.5) is 10.1 Å². The Morgan fingerprint density at radius 2 is 1.94 bits per heavy atom. The highest BCUT2D eigenvalue weighted by atomic mass is 19.1. The molecule has 32 heavy (non-hydrogen) atoms. The number of anilines is 1. The van der Waals surface area contributed by atoms with Gasteiger partial charge in [-0.3, -0.25) is 4.99 Å². The summed E-state index contributed by atoms with van der Waals surface area (Å²) >= 11 is 0. The third kappa shape index (κ3) is 5.19. The molecule has 1 N–H and O–H groups in total. The van der Waals surface area contributed by atoms with Crippen molar-refractivity contribution in [3.05, 3.63) is 66.3 Å². The van der Waals surface area contributed by atoms with Crippen molar-refractivity contribution in [1.29, 1.82) is 0 Å². The summed E-state index contributed by atoms with van der Waals surface area (Å²) in [5.74, 6) is 1.98. The molecule has 0 radical (unpaired) electrons. The lowest BCUT2D eigenvalue weighted by Crippen LogP contribution is -2.52. The third-order valence-electron chi connectivity index (χ3n) is 5.52. The number of aromatic nitrogens is 1. The topological polar surface area (TPSA) is 66.1 Å². The van der Waals surface area contributed by atoms with Gasteiger partial charge in [-0.15, -0.1) is 0 Å². The molecule has 0 unspecified atom stereocenters. The van der Waals surface area contributed by atoms with E-state index in [9.17, 15) is 4.39 Å². The van der Waals surface area contributed by atoms with Crippen LogP contribution in [0.3, 0.4) is 0 Å². The lowest BCUT2D eigenvalue weighted by atomic mass is 10.2. The first kappa shape index (κ1) is 21.7. The van der Waals surface area contributed by atoms with Crippen molar-refractivity contribution in [2.75, 3.05) is 51.8 Å². The first-order chi connectivity index (χ1) is 15.7. The number of piperazine rings is 1. The van der Waals surface area contributed by atoms with Crippen LogP contribution in [-0.2, 0) is 6.42 Å². The first-order valence-electron chi connectivity index (χ1n) is 10.7. The molecule has 168 valence electrons. The molecule has 1 fully saturated rings. The summed E-state index contributed by atoms with van der Waals surface area (Å²) in [5.41, 5.74) is 2.78. The van der Waals surface area contributed by atoms with Gasteiger partial charge in [-0.25, -0.2) is 9.37 Å². The number of ether oxygens (including phenoxy) is 1. The molecule has 7 nitrogen and oxygen atoms in total. The average Bonchev–Trinajstić information content (AvgIpc) is 3.31. The second-order valence-corrected chi connectivity index (χ2v) is 7.55. The Morgan fingerprint density at radius 3 is 2.66 bits per heavy atom. The summed E-state index contributed by atoms with van der Waals surface area (Å²) in [4.78, 5) is 13.6. The van der Waals surface area contributed by atoms with E-state index in [1.807, 2.05) is 12.1 Å². The van der Waals surface area contributed by atoms with E-state index in [1.165, 1.54) is 17.8 Å². The second kappa shape index (κ2) is 10.2. The number of benzene rings is 2. The molecule has 2 heterocycles. The largest absolute Gasteiger partial charge is 0.497 e. The van der Waals surface area contributed by atoms with Crippen LogP contribution in [0.25, 0.3) is 11.5 Å². The van der Waals surface area contributed by atoms with E-state index in [-0.39, 0.29) is 5.82 Å². The molecule has 0 saturated carbocycles. The zero-order chi connectivity index (χ0) is 22.3. The monoisotopic (exact) mass is 437 g/mol. The summed E-state index contributed by atoms with van der Waals surface area (Å²) in [6.45, 7) is 4.29. The van der Waals surface area contributed by atoms with Crippen molar-refractivity contribution in [3.63, 3.8) is 0 Å². The maximum Gasteiger partial charge on any atom is 0.226 e. The molecule has 3 aromatic rings. The van der Waals surface area contributed by atoms with Crippen LogP contribution < -0.4 is 15.0 Å². The SMILES string of the molecule is CN=C(NCCc1coc(-c2ccc(F)cc2)n1)N1CCN(c2cccc(OC)c2)CC1. The van der Waals surface area contributed by atoms with Crippen LogP contribution in [0.5, 0.6) is 5.75 Å². The number of aliphatic imine (C=N–C) groups is 1. The van der Waals surface area contributed by atoms with E-state index in [0.717, 1.165) is 49.1 Å². The molecule has 0 atom stereocenters. The molecule has 4 rings (SSSR count). The highest BCUT2D eigenvalue weighted by Gasteiger charge is 2.20. The minimum absolute atomic E-state index is 0.277. The lowest BCUT2D eigenvalue weighted by Gasteiger charge is -2.37. The van der Waals surface area contributed by atoms with E-state index < -0.39 is 0 Å². The summed E-state index contributed by atoms with van der Waals surface area (Å²) in [6.07, 6.45) is 2.35. The molecule has 1 aliphatic heterocycles. The van der Waals surface area contributed by atoms with Crippen molar-refractivity contribution in [2.45, 2.75) is 6.42 Å². The second-order valence-electron chi connectivity index (χ2n) is 7.55. The van der Waals surface area contributed by atoms with E-state index >= 15 is 0 Å². The normalized spacial score (nSPS) is 14.5. The number of methoxy groups -OCH3 is 1. The molecule has 0 spiro atoms. The van der Waals surface area contributed by atoms with Gasteiger partial charge in [0.2, 0.25) is 5.89 Å². The van der Waals surface area contributed by atoms with Crippen LogP contribution in [0, 0.1) is 5.82 Å². The molecule has 1 saturated heterocycles. The summed E-state index contributed by atoms with van der Waals surface area (Å²) < 4.78 is 24.0. The summed E-state index contributed by atoms with van der Waals surface area (Å²) in [5, 5.41) is 3.42. The number of oxazole rings is 1. The number of guanidine groups is 1. The van der Waals surface area contributed by atoms with E-state index in [1.54, 1.807) is 32.6 Å². The predicted molar refractivity (Wildman–Crippen MR) is 124 cm³/mol. The number of halogens is 1. The zero-order valence-electron chi connectivity index (χ0n) is 18.4. The maximum absolute atomic E-state index is 13.1. The van der Waals surface area contributed by atoms with Gasteiger partial charge in [0.1, 0.15) is 17.8 Å². The third-order valence-corrected chi connectivity index (χ3v) is 5.52. The van der Waals surface area contributed by atoms with Gasteiger partial charge >= 0.3 is 0 Å². The van der Waals surface area contributed by atoms with Gasteiger partial charge in [0, 0.05) is 63.5 Å². The fourth-order valence-corrected chi connectivity index (χ4v) is 3.77. The number of rotatable bonds is 6. The Morgan fingerprint density at radius 1 is 1.16 bits per heavy atom. The molecule has 1 aromatic heterocycles. The molecule has 0 aliphatic carbocycles. The van der Waals surface area contributed by atoms with E-state index in [0.29, 0.717) is 18.9 Å². The summed E-state index contributed by atoms with van der Waals surface area (Å²) in [6, 6.07) is 14.3. The van der Waals surface area contributed by atoms with Gasteiger partial charge in [-0.1, -0.05) is 6.07 Å². The molecular formula is C24H28FN5O2. The quantitative estimate of drug-likeness (QED) is 0.471. The number of nitrogens with one attached hydrogen (secondary N) is 1. The number of hydrogen-bond donors (Lipinski definition) is 1. The molecular weight excluding hydrogens is 409 g/mol. The van der Waals surface area contributed by atoms with Crippen molar-refractivity contribution < 1.29 is 13.5 Å². The van der Waals surface area contributed by atoms with Crippen molar-refractivity contribution in [2.24, 2.45) is 4.99 Å².